The predicted molar refractivity (Wildman–Crippen MR) is 77.8 cm³/mol. The lowest BCUT2D eigenvalue weighted by Crippen LogP contribution is -2.06. The molecule has 2 aromatic rings. The molecule has 1 heterocycles. The maximum absolute atomic E-state index is 10.4. The fraction of sp³-hybridized carbons (Fsp3) is 0.250. The number of aliphatic carboxylic acids is 1. The van der Waals surface area contributed by atoms with Crippen molar-refractivity contribution < 1.29 is 9.90 Å². The van der Waals surface area contributed by atoms with Crippen LogP contribution in [0, 0.1) is 4.77 Å². The molecule has 1 aromatic heterocycles. The molecule has 0 aliphatic rings. The third-order valence-corrected chi connectivity index (χ3v) is 3.71. The van der Waals surface area contributed by atoms with Gasteiger partial charge in [-0.15, -0.1) is 11.8 Å². The summed E-state index contributed by atoms with van der Waals surface area (Å²) < 4.78 is 2.44. The average molecular weight is 295 g/mol. The third-order valence-electron chi connectivity index (χ3n) is 2.48. The van der Waals surface area contributed by atoms with E-state index in [2.05, 4.69) is 10.2 Å². The SMILES string of the molecule is O=C(O)CSCCn1c(-c2ccccc2)n[nH]c1=S. The summed E-state index contributed by atoms with van der Waals surface area (Å²) in [5, 5.41) is 15.6. The van der Waals surface area contributed by atoms with E-state index in [0.717, 1.165) is 11.4 Å². The maximum atomic E-state index is 10.4. The number of thioether (sulfide) groups is 1. The summed E-state index contributed by atoms with van der Waals surface area (Å²) in [5.41, 5.74) is 0.984. The van der Waals surface area contributed by atoms with Crippen molar-refractivity contribution in [1.29, 1.82) is 0 Å². The number of hydrogen-bond acceptors (Lipinski definition) is 4. The summed E-state index contributed by atoms with van der Waals surface area (Å²) in [5.74, 6) is 0.761. The number of nitrogens with zero attached hydrogens (tertiary/aromatic N) is 2. The van der Waals surface area contributed by atoms with Crippen LogP contribution in [0.25, 0.3) is 11.4 Å². The van der Waals surface area contributed by atoms with E-state index in [9.17, 15) is 4.79 Å². The zero-order chi connectivity index (χ0) is 13.7. The van der Waals surface area contributed by atoms with Gasteiger partial charge >= 0.3 is 5.97 Å². The topological polar surface area (TPSA) is 70.9 Å². The van der Waals surface area contributed by atoms with Gasteiger partial charge in [-0.25, -0.2) is 0 Å². The second-order valence-electron chi connectivity index (χ2n) is 3.82. The highest BCUT2D eigenvalue weighted by molar-refractivity contribution is 7.99. The van der Waals surface area contributed by atoms with Crippen molar-refractivity contribution in [3.05, 3.63) is 35.1 Å². The van der Waals surface area contributed by atoms with Gasteiger partial charge in [0.25, 0.3) is 0 Å². The van der Waals surface area contributed by atoms with E-state index in [1.807, 2.05) is 34.9 Å². The Labute approximate surface area is 119 Å². The number of hydrogen-bond donors (Lipinski definition) is 2. The van der Waals surface area contributed by atoms with Gasteiger partial charge in [-0.2, -0.15) is 5.10 Å². The zero-order valence-electron chi connectivity index (χ0n) is 10.1. The van der Waals surface area contributed by atoms with Crippen molar-refractivity contribution >= 4 is 29.9 Å². The summed E-state index contributed by atoms with van der Waals surface area (Å²) in [6.45, 7) is 0.636. The minimum absolute atomic E-state index is 0.103. The van der Waals surface area contributed by atoms with Crippen molar-refractivity contribution in [2.24, 2.45) is 0 Å². The van der Waals surface area contributed by atoms with Gasteiger partial charge in [0.15, 0.2) is 10.6 Å². The first kappa shape index (κ1) is 13.8. The Balaban J connectivity index is 2.10. The highest BCUT2D eigenvalue weighted by Crippen LogP contribution is 2.17. The van der Waals surface area contributed by atoms with Crippen LogP contribution in [0.2, 0.25) is 0 Å². The van der Waals surface area contributed by atoms with Gasteiger partial charge in [-0.3, -0.25) is 14.5 Å². The zero-order valence-corrected chi connectivity index (χ0v) is 11.7. The van der Waals surface area contributed by atoms with Crippen LogP contribution in [0.5, 0.6) is 0 Å². The fourth-order valence-corrected chi connectivity index (χ4v) is 2.50. The first-order valence-corrected chi connectivity index (χ1v) is 7.25. The van der Waals surface area contributed by atoms with Crippen LogP contribution >= 0.6 is 24.0 Å². The molecule has 7 heteroatoms. The number of rotatable bonds is 6. The number of aromatic amines is 1. The molecule has 2 rings (SSSR count). The highest BCUT2D eigenvalue weighted by atomic mass is 32.2. The smallest absolute Gasteiger partial charge is 0.313 e. The molecule has 1 aromatic carbocycles. The molecule has 19 heavy (non-hydrogen) atoms. The molecule has 0 fully saturated rings. The van der Waals surface area contributed by atoms with Crippen molar-refractivity contribution in [2.75, 3.05) is 11.5 Å². The maximum Gasteiger partial charge on any atom is 0.313 e. The molecule has 0 bridgehead atoms. The largest absolute Gasteiger partial charge is 0.481 e. The second-order valence-corrected chi connectivity index (χ2v) is 5.31. The van der Waals surface area contributed by atoms with Crippen LogP contribution in [-0.2, 0) is 11.3 Å². The molecule has 2 N–H and O–H groups in total. The Morgan fingerprint density at radius 2 is 2.16 bits per heavy atom. The molecular weight excluding hydrogens is 282 g/mol. The van der Waals surface area contributed by atoms with Crippen molar-refractivity contribution in [3.8, 4) is 11.4 Å². The summed E-state index contributed by atoms with van der Waals surface area (Å²) in [4.78, 5) is 10.4. The molecule has 0 aliphatic heterocycles. The van der Waals surface area contributed by atoms with E-state index in [-0.39, 0.29) is 5.75 Å². The molecule has 0 saturated heterocycles. The second kappa shape index (κ2) is 6.53. The van der Waals surface area contributed by atoms with E-state index in [1.165, 1.54) is 11.8 Å². The molecular formula is C12H13N3O2S2. The quantitative estimate of drug-likeness (QED) is 0.632. The molecule has 0 spiro atoms. The lowest BCUT2D eigenvalue weighted by atomic mass is 10.2. The minimum Gasteiger partial charge on any atom is -0.481 e. The Hall–Kier alpha value is -1.60. The molecule has 0 saturated carbocycles. The number of carboxylic acid groups (broad SMARTS) is 1. The molecule has 0 aliphatic carbocycles. The summed E-state index contributed by atoms with van der Waals surface area (Å²) in [6.07, 6.45) is 0. The van der Waals surface area contributed by atoms with Crippen LogP contribution in [0.1, 0.15) is 0 Å². The van der Waals surface area contributed by atoms with Gasteiger partial charge in [-0.05, 0) is 12.2 Å². The fourth-order valence-electron chi connectivity index (χ4n) is 1.65. The molecule has 0 amide bonds. The van der Waals surface area contributed by atoms with Crippen LogP contribution in [0.3, 0.4) is 0 Å². The van der Waals surface area contributed by atoms with E-state index in [4.69, 9.17) is 17.3 Å². The molecule has 0 atom stereocenters. The number of carbonyl (C=O) groups is 1. The summed E-state index contributed by atoms with van der Waals surface area (Å²) in [6, 6.07) is 9.75. The Bertz CT molecular complexity index is 607. The lowest BCUT2D eigenvalue weighted by molar-refractivity contribution is -0.133. The van der Waals surface area contributed by atoms with E-state index in [1.54, 1.807) is 0 Å². The number of carboxylic acids is 1. The normalized spacial score (nSPS) is 10.5. The molecule has 100 valence electrons. The number of aromatic nitrogens is 3. The van der Waals surface area contributed by atoms with Crippen LogP contribution in [-0.4, -0.2) is 37.3 Å². The Kier molecular flexibility index (Phi) is 4.75. The summed E-state index contributed by atoms with van der Waals surface area (Å²) >= 11 is 6.56. The monoisotopic (exact) mass is 295 g/mol. The standard InChI is InChI=1S/C12H13N3O2S2/c16-10(17)8-19-7-6-15-11(13-14-12(15)18)9-4-2-1-3-5-9/h1-5H,6-8H2,(H,14,18)(H,16,17). The van der Waals surface area contributed by atoms with E-state index >= 15 is 0 Å². The van der Waals surface area contributed by atoms with Gasteiger partial charge in [0.05, 0.1) is 5.75 Å². The number of H-pyrrole nitrogens is 1. The molecule has 0 radical (unpaired) electrons. The van der Waals surface area contributed by atoms with Crippen LogP contribution in [0.4, 0.5) is 0 Å². The van der Waals surface area contributed by atoms with Crippen molar-refractivity contribution in [2.45, 2.75) is 6.54 Å². The first-order chi connectivity index (χ1) is 9.18. The van der Waals surface area contributed by atoms with Crippen molar-refractivity contribution in [1.82, 2.24) is 14.8 Å². The first-order valence-electron chi connectivity index (χ1n) is 5.68. The van der Waals surface area contributed by atoms with E-state index in [0.29, 0.717) is 17.1 Å². The lowest BCUT2D eigenvalue weighted by Gasteiger charge is -2.06. The Morgan fingerprint density at radius 3 is 2.84 bits per heavy atom. The van der Waals surface area contributed by atoms with Gasteiger partial charge in [0.1, 0.15) is 0 Å². The molecule has 5 nitrogen and oxygen atoms in total. The number of benzene rings is 1. The third kappa shape index (κ3) is 3.68. The molecule has 0 unspecified atom stereocenters. The summed E-state index contributed by atoms with van der Waals surface area (Å²) in [7, 11) is 0. The van der Waals surface area contributed by atoms with Crippen LogP contribution < -0.4 is 0 Å². The van der Waals surface area contributed by atoms with Gasteiger partial charge < -0.3 is 5.11 Å². The van der Waals surface area contributed by atoms with Gasteiger partial charge in [-0.1, -0.05) is 30.3 Å². The predicted octanol–water partition coefficient (Wildman–Crippen LogP) is 2.43. The van der Waals surface area contributed by atoms with Gasteiger partial charge in [0, 0.05) is 17.9 Å². The highest BCUT2D eigenvalue weighted by Gasteiger charge is 2.08. The Morgan fingerprint density at radius 1 is 1.42 bits per heavy atom. The van der Waals surface area contributed by atoms with E-state index < -0.39 is 5.97 Å². The van der Waals surface area contributed by atoms with Gasteiger partial charge in [0.2, 0.25) is 0 Å². The number of nitrogens with one attached hydrogen (secondary N) is 1. The van der Waals surface area contributed by atoms with Crippen molar-refractivity contribution in [3.63, 3.8) is 0 Å². The minimum atomic E-state index is -0.802. The van der Waals surface area contributed by atoms with Crippen LogP contribution in [0.15, 0.2) is 30.3 Å². The average Bonchev–Trinajstić information content (AvgIpc) is 2.77.